The van der Waals surface area contributed by atoms with E-state index in [1.165, 1.54) is 9.08 Å². The van der Waals surface area contributed by atoms with E-state index in [9.17, 15) is 9.59 Å². The number of pyridine rings is 1. The molecule has 7 heteroatoms. The first-order chi connectivity index (χ1) is 10.2. The van der Waals surface area contributed by atoms with Gasteiger partial charge in [-0.3, -0.25) is 9.20 Å². The van der Waals surface area contributed by atoms with Crippen LogP contribution in [0.2, 0.25) is 0 Å². The van der Waals surface area contributed by atoms with Crippen LogP contribution < -0.4 is 16.3 Å². The molecule has 1 fully saturated rings. The Balaban J connectivity index is 1.59. The summed E-state index contributed by atoms with van der Waals surface area (Å²) >= 11 is 0. The van der Waals surface area contributed by atoms with Crippen LogP contribution >= 0.6 is 0 Å². The number of hydrogen-bond acceptors (Lipinski definition) is 4. The van der Waals surface area contributed by atoms with Gasteiger partial charge in [0.05, 0.1) is 6.54 Å². The molecule has 112 valence electrons. The fourth-order valence-electron chi connectivity index (χ4n) is 2.60. The molecule has 1 unspecified atom stereocenters. The summed E-state index contributed by atoms with van der Waals surface area (Å²) in [6.45, 7) is 2.13. The number of carbonyl (C=O) groups excluding carboxylic acids is 1. The Morgan fingerprint density at radius 1 is 1.48 bits per heavy atom. The Bertz CT molecular complexity index is 684. The number of hydrogen-bond donors (Lipinski definition) is 2. The SMILES string of the molecule is O=C(CCn1nc2ccccn2c1=O)NC1CCCNC1. The van der Waals surface area contributed by atoms with Gasteiger partial charge >= 0.3 is 5.69 Å². The molecular formula is C14H19N5O2. The number of carbonyl (C=O) groups is 1. The van der Waals surface area contributed by atoms with E-state index in [-0.39, 0.29) is 24.1 Å². The average molecular weight is 289 g/mol. The fourth-order valence-corrected chi connectivity index (χ4v) is 2.60. The molecule has 1 saturated heterocycles. The minimum absolute atomic E-state index is 0.0346. The van der Waals surface area contributed by atoms with Gasteiger partial charge in [0.15, 0.2) is 5.65 Å². The second-order valence-electron chi connectivity index (χ2n) is 5.30. The molecule has 2 N–H and O–H groups in total. The highest BCUT2D eigenvalue weighted by Crippen LogP contribution is 2.02. The van der Waals surface area contributed by atoms with Crippen LogP contribution in [0.15, 0.2) is 29.2 Å². The predicted octanol–water partition coefficient (Wildman–Crippen LogP) is -0.246. The zero-order valence-electron chi connectivity index (χ0n) is 11.8. The molecule has 0 radical (unpaired) electrons. The lowest BCUT2D eigenvalue weighted by molar-refractivity contribution is -0.122. The molecule has 2 aromatic heterocycles. The molecule has 0 aromatic carbocycles. The second-order valence-corrected chi connectivity index (χ2v) is 5.30. The minimum atomic E-state index is -0.210. The first-order valence-corrected chi connectivity index (χ1v) is 7.28. The zero-order valence-corrected chi connectivity index (χ0v) is 11.8. The molecular weight excluding hydrogens is 270 g/mol. The third kappa shape index (κ3) is 3.13. The van der Waals surface area contributed by atoms with Gasteiger partial charge in [-0.2, -0.15) is 0 Å². The Morgan fingerprint density at radius 2 is 2.38 bits per heavy atom. The summed E-state index contributed by atoms with van der Waals surface area (Å²) in [6, 6.07) is 5.58. The van der Waals surface area contributed by atoms with E-state index in [2.05, 4.69) is 15.7 Å². The molecule has 0 spiro atoms. The molecule has 1 amide bonds. The van der Waals surface area contributed by atoms with Crippen LogP contribution in [0, 0.1) is 0 Å². The van der Waals surface area contributed by atoms with Crippen LogP contribution in [-0.2, 0) is 11.3 Å². The van der Waals surface area contributed by atoms with Gasteiger partial charge in [-0.25, -0.2) is 9.48 Å². The van der Waals surface area contributed by atoms with Crippen molar-refractivity contribution in [2.45, 2.75) is 31.8 Å². The van der Waals surface area contributed by atoms with Crippen molar-refractivity contribution in [3.8, 4) is 0 Å². The van der Waals surface area contributed by atoms with Gasteiger partial charge in [-0.05, 0) is 31.5 Å². The highest BCUT2D eigenvalue weighted by molar-refractivity contribution is 5.76. The van der Waals surface area contributed by atoms with Crippen molar-refractivity contribution in [2.24, 2.45) is 0 Å². The number of fused-ring (bicyclic) bond motifs is 1. The molecule has 3 rings (SSSR count). The van der Waals surface area contributed by atoms with Gasteiger partial charge in [0, 0.05) is 25.2 Å². The van der Waals surface area contributed by atoms with Crippen molar-refractivity contribution >= 4 is 11.6 Å². The standard InChI is InChI=1S/C14H19N5O2/c20-13(16-11-4-3-7-15-10-11)6-9-19-14(21)18-8-2-1-5-12(18)17-19/h1-2,5,8,11,15H,3-4,6-7,9-10H2,(H,16,20). The Morgan fingerprint density at radius 3 is 3.14 bits per heavy atom. The molecule has 1 atom stereocenters. The quantitative estimate of drug-likeness (QED) is 0.813. The van der Waals surface area contributed by atoms with Gasteiger partial charge in [-0.15, -0.1) is 5.10 Å². The number of rotatable bonds is 4. The first-order valence-electron chi connectivity index (χ1n) is 7.28. The lowest BCUT2D eigenvalue weighted by atomic mass is 10.1. The third-order valence-corrected chi connectivity index (χ3v) is 3.70. The number of amides is 1. The molecule has 0 saturated carbocycles. The van der Waals surface area contributed by atoms with E-state index >= 15 is 0 Å². The summed E-state index contributed by atoms with van der Waals surface area (Å²) in [5, 5.41) is 10.5. The number of aromatic nitrogens is 3. The van der Waals surface area contributed by atoms with Crippen LogP contribution in [0.1, 0.15) is 19.3 Å². The summed E-state index contributed by atoms with van der Waals surface area (Å²) < 4.78 is 2.82. The predicted molar refractivity (Wildman–Crippen MR) is 78.1 cm³/mol. The van der Waals surface area contributed by atoms with Gasteiger partial charge in [-0.1, -0.05) is 6.07 Å². The monoisotopic (exact) mass is 289 g/mol. The van der Waals surface area contributed by atoms with Crippen molar-refractivity contribution in [2.75, 3.05) is 13.1 Å². The van der Waals surface area contributed by atoms with Crippen LogP contribution in [0.25, 0.3) is 5.65 Å². The fraction of sp³-hybridized carbons (Fsp3) is 0.500. The Labute approximate surface area is 122 Å². The average Bonchev–Trinajstić information content (AvgIpc) is 2.83. The van der Waals surface area contributed by atoms with Crippen molar-refractivity contribution < 1.29 is 4.79 Å². The Kier molecular flexibility index (Phi) is 4.01. The summed E-state index contributed by atoms with van der Waals surface area (Å²) in [5.41, 5.74) is 0.386. The topological polar surface area (TPSA) is 80.4 Å². The van der Waals surface area contributed by atoms with Crippen LogP contribution in [0.5, 0.6) is 0 Å². The van der Waals surface area contributed by atoms with E-state index in [0.29, 0.717) is 12.2 Å². The lowest BCUT2D eigenvalue weighted by Gasteiger charge is -2.23. The maximum atomic E-state index is 12.1. The summed E-state index contributed by atoms with van der Waals surface area (Å²) in [4.78, 5) is 24.0. The van der Waals surface area contributed by atoms with E-state index in [1.54, 1.807) is 18.3 Å². The second kappa shape index (κ2) is 6.09. The number of nitrogens with one attached hydrogen (secondary N) is 2. The largest absolute Gasteiger partial charge is 0.352 e. The highest BCUT2D eigenvalue weighted by atomic mass is 16.2. The zero-order chi connectivity index (χ0) is 14.7. The highest BCUT2D eigenvalue weighted by Gasteiger charge is 2.15. The maximum absolute atomic E-state index is 12.1. The van der Waals surface area contributed by atoms with E-state index < -0.39 is 0 Å². The summed E-state index contributed by atoms with van der Waals surface area (Å²) in [7, 11) is 0. The van der Waals surface area contributed by atoms with Gasteiger partial charge in [0.25, 0.3) is 0 Å². The molecule has 0 bridgehead atoms. The molecule has 3 heterocycles. The molecule has 21 heavy (non-hydrogen) atoms. The molecule has 2 aromatic rings. The molecule has 7 nitrogen and oxygen atoms in total. The molecule has 1 aliphatic heterocycles. The van der Waals surface area contributed by atoms with Gasteiger partial charge in [0.1, 0.15) is 0 Å². The van der Waals surface area contributed by atoms with E-state index in [0.717, 1.165) is 25.9 Å². The smallest absolute Gasteiger partial charge is 0.350 e. The number of piperidine rings is 1. The number of nitrogens with zero attached hydrogens (tertiary/aromatic N) is 3. The normalized spacial score (nSPS) is 18.8. The van der Waals surface area contributed by atoms with Gasteiger partial charge in [0.2, 0.25) is 5.91 Å². The Hall–Kier alpha value is -2.15. The van der Waals surface area contributed by atoms with Crippen molar-refractivity contribution in [3.63, 3.8) is 0 Å². The summed E-state index contributed by atoms with van der Waals surface area (Å²) in [6.07, 6.45) is 4.03. The first kappa shape index (κ1) is 13.8. The molecule has 1 aliphatic rings. The maximum Gasteiger partial charge on any atom is 0.350 e. The lowest BCUT2D eigenvalue weighted by Crippen LogP contribution is -2.45. The minimum Gasteiger partial charge on any atom is -0.352 e. The van der Waals surface area contributed by atoms with Gasteiger partial charge < -0.3 is 10.6 Å². The van der Waals surface area contributed by atoms with E-state index in [4.69, 9.17) is 0 Å². The third-order valence-electron chi connectivity index (χ3n) is 3.70. The van der Waals surface area contributed by atoms with Crippen LogP contribution in [-0.4, -0.2) is 39.2 Å². The van der Waals surface area contributed by atoms with Crippen molar-refractivity contribution in [3.05, 3.63) is 34.9 Å². The van der Waals surface area contributed by atoms with Crippen molar-refractivity contribution in [1.82, 2.24) is 24.8 Å². The van der Waals surface area contributed by atoms with Crippen molar-refractivity contribution in [1.29, 1.82) is 0 Å². The summed E-state index contributed by atoms with van der Waals surface area (Å²) in [5.74, 6) is -0.0346. The van der Waals surface area contributed by atoms with E-state index in [1.807, 2.05) is 6.07 Å². The van der Waals surface area contributed by atoms with Crippen LogP contribution in [0.4, 0.5) is 0 Å². The molecule has 0 aliphatic carbocycles. The number of aryl methyl sites for hydroxylation is 1. The van der Waals surface area contributed by atoms with Crippen LogP contribution in [0.3, 0.4) is 0 Å².